The van der Waals surface area contributed by atoms with Crippen LogP contribution in [0.25, 0.3) is 6.08 Å². The second-order valence-corrected chi connectivity index (χ2v) is 3.84. The number of carbonyl (C=O) groups is 1. The lowest BCUT2D eigenvalue weighted by Gasteiger charge is -2.14. The Balaban J connectivity index is 2.47. The quantitative estimate of drug-likeness (QED) is 0.831. The lowest BCUT2D eigenvalue weighted by atomic mass is 10.1. The number of amides is 2. The molecule has 0 atom stereocenters. The zero-order valence-electron chi connectivity index (χ0n) is 10.2. The normalized spacial score (nSPS) is 10.5. The summed E-state index contributed by atoms with van der Waals surface area (Å²) in [4.78, 5) is 12.9. The molecule has 4 nitrogen and oxygen atoms in total. The molecule has 0 fully saturated rings. The van der Waals surface area contributed by atoms with E-state index < -0.39 is 0 Å². The average Bonchev–Trinajstić information content (AvgIpc) is 2.29. The number of benzene rings is 1. The van der Waals surface area contributed by atoms with Crippen LogP contribution in [0.1, 0.15) is 11.1 Å². The van der Waals surface area contributed by atoms with Gasteiger partial charge >= 0.3 is 6.03 Å². The van der Waals surface area contributed by atoms with Crippen molar-refractivity contribution in [2.75, 3.05) is 20.2 Å². The Morgan fingerprint density at radius 3 is 2.94 bits per heavy atom. The van der Waals surface area contributed by atoms with Gasteiger partial charge in [-0.15, -0.1) is 0 Å². The molecule has 0 radical (unpaired) electrons. The molecule has 0 unspecified atom stereocenters. The van der Waals surface area contributed by atoms with E-state index in [1.807, 2.05) is 37.3 Å². The van der Waals surface area contributed by atoms with Crippen molar-refractivity contribution in [3.63, 3.8) is 0 Å². The molecule has 0 aliphatic rings. The number of nitrogens with one attached hydrogen (secondary N) is 1. The van der Waals surface area contributed by atoms with Gasteiger partial charge in [0, 0.05) is 19.8 Å². The number of aryl methyl sites for hydroxylation is 1. The van der Waals surface area contributed by atoms with Crippen molar-refractivity contribution in [1.82, 2.24) is 10.2 Å². The van der Waals surface area contributed by atoms with Crippen molar-refractivity contribution in [1.29, 1.82) is 0 Å². The van der Waals surface area contributed by atoms with Crippen LogP contribution in [0.5, 0.6) is 0 Å². The molecule has 1 aromatic rings. The highest BCUT2D eigenvalue weighted by atomic mass is 16.3. The summed E-state index contributed by atoms with van der Waals surface area (Å²) >= 11 is 0. The minimum atomic E-state index is -0.233. The van der Waals surface area contributed by atoms with Crippen molar-refractivity contribution in [2.45, 2.75) is 6.92 Å². The highest BCUT2D eigenvalue weighted by molar-refractivity contribution is 5.75. The minimum Gasteiger partial charge on any atom is -0.395 e. The predicted octanol–water partition coefficient (Wildman–Crippen LogP) is 1.60. The molecule has 1 aromatic carbocycles. The number of nitrogens with zero attached hydrogens (tertiary/aromatic N) is 1. The lowest BCUT2D eigenvalue weighted by Crippen LogP contribution is -2.36. The molecular formula is C13H18N2O2. The van der Waals surface area contributed by atoms with Crippen LogP contribution in [-0.4, -0.2) is 36.2 Å². The van der Waals surface area contributed by atoms with Gasteiger partial charge in [-0.2, -0.15) is 0 Å². The third kappa shape index (κ3) is 4.70. The van der Waals surface area contributed by atoms with Crippen molar-refractivity contribution >= 4 is 12.1 Å². The van der Waals surface area contributed by atoms with Gasteiger partial charge in [-0.25, -0.2) is 4.79 Å². The molecule has 0 aliphatic heterocycles. The first-order valence-corrected chi connectivity index (χ1v) is 5.49. The number of aliphatic hydroxyl groups excluding tert-OH is 1. The van der Waals surface area contributed by atoms with Crippen LogP contribution in [0, 0.1) is 6.92 Å². The highest BCUT2D eigenvalue weighted by Gasteiger charge is 2.03. The summed E-state index contributed by atoms with van der Waals surface area (Å²) in [5, 5.41) is 11.3. The molecule has 1 rings (SSSR count). The summed E-state index contributed by atoms with van der Waals surface area (Å²) in [6.07, 6.45) is 3.43. The van der Waals surface area contributed by atoms with E-state index in [2.05, 4.69) is 5.32 Å². The van der Waals surface area contributed by atoms with Gasteiger partial charge in [0.15, 0.2) is 0 Å². The first-order chi connectivity index (χ1) is 8.13. The predicted molar refractivity (Wildman–Crippen MR) is 68.5 cm³/mol. The van der Waals surface area contributed by atoms with Gasteiger partial charge in [0.05, 0.1) is 6.61 Å². The summed E-state index contributed by atoms with van der Waals surface area (Å²) < 4.78 is 0. The van der Waals surface area contributed by atoms with E-state index in [4.69, 9.17) is 5.11 Å². The molecule has 0 saturated carbocycles. The molecule has 4 heteroatoms. The van der Waals surface area contributed by atoms with Gasteiger partial charge in [0.2, 0.25) is 0 Å². The summed E-state index contributed by atoms with van der Waals surface area (Å²) in [6.45, 7) is 2.31. The van der Waals surface area contributed by atoms with Crippen molar-refractivity contribution in [3.8, 4) is 0 Å². The van der Waals surface area contributed by atoms with E-state index in [1.165, 1.54) is 10.5 Å². The van der Waals surface area contributed by atoms with Gasteiger partial charge in [0.1, 0.15) is 0 Å². The average molecular weight is 234 g/mol. The Kier molecular flexibility index (Phi) is 5.23. The van der Waals surface area contributed by atoms with Crippen molar-refractivity contribution in [3.05, 3.63) is 41.6 Å². The molecule has 92 valence electrons. The number of carbonyl (C=O) groups excluding carboxylic acids is 1. The number of urea groups is 1. The van der Waals surface area contributed by atoms with Crippen LogP contribution in [0.4, 0.5) is 4.79 Å². The molecule has 2 N–H and O–H groups in total. The van der Waals surface area contributed by atoms with Crippen LogP contribution in [0.2, 0.25) is 0 Å². The Bertz CT molecular complexity index is 402. The molecule has 0 aromatic heterocycles. The largest absolute Gasteiger partial charge is 0.395 e. The zero-order valence-corrected chi connectivity index (χ0v) is 10.2. The van der Waals surface area contributed by atoms with Gasteiger partial charge in [0.25, 0.3) is 0 Å². The fourth-order valence-electron chi connectivity index (χ4n) is 1.34. The fourth-order valence-corrected chi connectivity index (χ4v) is 1.34. The van der Waals surface area contributed by atoms with Crippen LogP contribution in [-0.2, 0) is 0 Å². The molecule has 0 spiro atoms. The standard InChI is InChI=1S/C13H18N2O2/c1-11-4-3-5-12(10-11)6-7-14-13(17)15(2)8-9-16/h3-7,10,16H,8-9H2,1-2H3,(H,14,17)/b7-6+. The maximum atomic E-state index is 11.4. The van der Waals surface area contributed by atoms with Gasteiger partial charge in [-0.1, -0.05) is 29.8 Å². The second kappa shape index (κ2) is 6.70. The van der Waals surface area contributed by atoms with Crippen molar-refractivity contribution in [2.24, 2.45) is 0 Å². The van der Waals surface area contributed by atoms with Crippen LogP contribution in [0.15, 0.2) is 30.5 Å². The van der Waals surface area contributed by atoms with Crippen LogP contribution >= 0.6 is 0 Å². The number of rotatable bonds is 4. The Hall–Kier alpha value is -1.81. The van der Waals surface area contributed by atoms with Crippen LogP contribution in [0.3, 0.4) is 0 Å². The molecule has 0 saturated heterocycles. The Labute approximate surface area is 102 Å². The van der Waals surface area contributed by atoms with E-state index in [1.54, 1.807) is 13.2 Å². The molecule has 0 aliphatic carbocycles. The summed E-state index contributed by atoms with van der Waals surface area (Å²) in [5.74, 6) is 0. The van der Waals surface area contributed by atoms with Crippen molar-refractivity contribution < 1.29 is 9.90 Å². The maximum Gasteiger partial charge on any atom is 0.321 e. The summed E-state index contributed by atoms with van der Waals surface area (Å²) in [6, 6.07) is 7.75. The summed E-state index contributed by atoms with van der Waals surface area (Å²) in [7, 11) is 1.63. The molecule has 0 bridgehead atoms. The van der Waals surface area contributed by atoms with Gasteiger partial charge in [-0.05, 0) is 18.6 Å². The third-order valence-corrected chi connectivity index (χ3v) is 2.31. The molecule has 17 heavy (non-hydrogen) atoms. The number of hydrogen-bond donors (Lipinski definition) is 2. The Morgan fingerprint density at radius 1 is 1.53 bits per heavy atom. The first kappa shape index (κ1) is 13.3. The van der Waals surface area contributed by atoms with Gasteiger partial charge < -0.3 is 15.3 Å². The molecular weight excluding hydrogens is 216 g/mol. The van der Waals surface area contributed by atoms with E-state index in [0.29, 0.717) is 6.54 Å². The SMILES string of the molecule is Cc1cccc(/C=C/NC(=O)N(C)CCO)c1. The number of likely N-dealkylation sites (N-methyl/N-ethyl adjacent to an activating group) is 1. The zero-order chi connectivity index (χ0) is 12.7. The molecule has 0 heterocycles. The fraction of sp³-hybridized carbons (Fsp3) is 0.308. The maximum absolute atomic E-state index is 11.4. The first-order valence-electron chi connectivity index (χ1n) is 5.49. The van der Waals surface area contributed by atoms with E-state index in [-0.39, 0.29) is 12.6 Å². The topological polar surface area (TPSA) is 52.6 Å². The monoisotopic (exact) mass is 234 g/mol. The highest BCUT2D eigenvalue weighted by Crippen LogP contribution is 2.04. The van der Waals surface area contributed by atoms with E-state index >= 15 is 0 Å². The third-order valence-electron chi connectivity index (χ3n) is 2.31. The smallest absolute Gasteiger partial charge is 0.321 e. The van der Waals surface area contributed by atoms with E-state index in [0.717, 1.165) is 5.56 Å². The Morgan fingerprint density at radius 2 is 2.29 bits per heavy atom. The molecule has 2 amide bonds. The van der Waals surface area contributed by atoms with E-state index in [9.17, 15) is 4.79 Å². The number of hydrogen-bond acceptors (Lipinski definition) is 2. The van der Waals surface area contributed by atoms with Crippen LogP contribution < -0.4 is 5.32 Å². The van der Waals surface area contributed by atoms with Gasteiger partial charge in [-0.3, -0.25) is 0 Å². The summed E-state index contributed by atoms with van der Waals surface area (Å²) in [5.41, 5.74) is 2.21. The minimum absolute atomic E-state index is 0.0362. The number of aliphatic hydroxyl groups is 1. The second-order valence-electron chi connectivity index (χ2n) is 3.84. The lowest BCUT2D eigenvalue weighted by molar-refractivity contribution is 0.194.